The summed E-state index contributed by atoms with van der Waals surface area (Å²) < 4.78 is 12.7. The number of hydrogen-bond donors (Lipinski definition) is 2. The molecular formula is C22H28N4O3. The highest BCUT2D eigenvalue weighted by Gasteiger charge is 2.20. The van der Waals surface area contributed by atoms with Gasteiger partial charge in [-0.2, -0.15) is 0 Å². The maximum absolute atomic E-state index is 12.6. The maximum Gasteiger partial charge on any atom is 0.315 e. The molecule has 2 amide bonds. The predicted molar refractivity (Wildman–Crippen MR) is 113 cm³/mol. The zero-order valence-electron chi connectivity index (χ0n) is 17.5. The summed E-state index contributed by atoms with van der Waals surface area (Å²) in [5.41, 5.74) is 2.91. The Hall–Kier alpha value is -3.22. The van der Waals surface area contributed by atoms with E-state index in [9.17, 15) is 4.79 Å². The minimum absolute atomic E-state index is 0.171. The fourth-order valence-electron chi connectivity index (χ4n) is 3.39. The van der Waals surface area contributed by atoms with Crippen molar-refractivity contribution in [1.82, 2.24) is 20.2 Å². The van der Waals surface area contributed by atoms with Crippen molar-refractivity contribution in [3.8, 4) is 11.5 Å². The molecule has 3 rings (SSSR count). The lowest BCUT2D eigenvalue weighted by Gasteiger charge is -2.24. The third-order valence-corrected chi connectivity index (χ3v) is 5.01. The van der Waals surface area contributed by atoms with Crippen LogP contribution < -0.4 is 20.1 Å². The number of hydrogen-bond acceptors (Lipinski definition) is 4. The first-order chi connectivity index (χ1) is 13.9. The summed E-state index contributed by atoms with van der Waals surface area (Å²) in [6, 6.07) is 13.2. The standard InChI is InChI=1S/C22H28N4O3/c1-14(2)21(15-10-11-18(28-4)19(12-15)29-5)25-22(27)23-13-20-24-16-8-6-7-9-17(16)26(20)3/h6-12,14,21H,13H2,1-5H3,(H2,23,25,27)/t21-/m1/s1. The quantitative estimate of drug-likeness (QED) is 0.637. The second-order valence-corrected chi connectivity index (χ2v) is 7.24. The first kappa shape index (κ1) is 20.5. The van der Waals surface area contributed by atoms with Crippen molar-refractivity contribution in [1.29, 1.82) is 0 Å². The monoisotopic (exact) mass is 396 g/mol. The van der Waals surface area contributed by atoms with Gasteiger partial charge >= 0.3 is 6.03 Å². The molecule has 154 valence electrons. The Morgan fingerprint density at radius 3 is 2.48 bits per heavy atom. The number of ether oxygens (including phenoxy) is 2. The Labute approximate surface area is 171 Å². The zero-order valence-corrected chi connectivity index (χ0v) is 17.5. The summed E-state index contributed by atoms with van der Waals surface area (Å²) in [5.74, 6) is 2.28. The van der Waals surface area contributed by atoms with E-state index < -0.39 is 0 Å². The first-order valence-electron chi connectivity index (χ1n) is 9.61. The van der Waals surface area contributed by atoms with E-state index in [-0.39, 0.29) is 18.0 Å². The van der Waals surface area contributed by atoms with E-state index in [1.54, 1.807) is 14.2 Å². The minimum atomic E-state index is -0.245. The van der Waals surface area contributed by atoms with Gasteiger partial charge in [0.1, 0.15) is 5.82 Å². The van der Waals surface area contributed by atoms with Gasteiger partial charge in [-0.25, -0.2) is 9.78 Å². The molecule has 1 atom stereocenters. The number of rotatable bonds is 7. The van der Waals surface area contributed by atoms with Crippen LogP contribution in [0.5, 0.6) is 11.5 Å². The SMILES string of the molecule is COc1ccc([C@H](NC(=O)NCc2nc3ccccc3n2C)C(C)C)cc1OC. The number of methoxy groups -OCH3 is 2. The van der Waals surface area contributed by atoms with Gasteiger partial charge in [0.05, 0.1) is 37.8 Å². The summed E-state index contributed by atoms with van der Waals surface area (Å²) in [4.78, 5) is 17.2. The highest BCUT2D eigenvalue weighted by molar-refractivity contribution is 5.77. The number of nitrogens with zero attached hydrogens (tertiary/aromatic N) is 2. The average Bonchev–Trinajstić information content (AvgIpc) is 3.05. The number of aryl methyl sites for hydroxylation is 1. The molecule has 1 heterocycles. The molecule has 0 saturated heterocycles. The molecule has 1 aromatic heterocycles. The van der Waals surface area contributed by atoms with Crippen molar-refractivity contribution in [2.45, 2.75) is 26.4 Å². The van der Waals surface area contributed by atoms with Crippen LogP contribution in [0.1, 0.15) is 31.3 Å². The molecule has 29 heavy (non-hydrogen) atoms. The van der Waals surface area contributed by atoms with Crippen molar-refractivity contribution in [3.05, 3.63) is 53.9 Å². The summed E-state index contributed by atoms with van der Waals surface area (Å²) in [5, 5.41) is 5.98. The summed E-state index contributed by atoms with van der Waals surface area (Å²) in [7, 11) is 5.15. The molecular weight excluding hydrogens is 368 g/mol. The van der Waals surface area contributed by atoms with Gasteiger partial charge in [0.25, 0.3) is 0 Å². The molecule has 2 N–H and O–H groups in total. The van der Waals surface area contributed by atoms with E-state index in [0.717, 1.165) is 22.4 Å². The smallest absolute Gasteiger partial charge is 0.315 e. The van der Waals surface area contributed by atoms with E-state index in [0.29, 0.717) is 18.0 Å². The van der Waals surface area contributed by atoms with Crippen LogP contribution in [0.25, 0.3) is 11.0 Å². The highest BCUT2D eigenvalue weighted by atomic mass is 16.5. The molecule has 0 aliphatic carbocycles. The normalized spacial score (nSPS) is 12.1. The molecule has 0 aliphatic heterocycles. The molecule has 0 spiro atoms. The minimum Gasteiger partial charge on any atom is -0.493 e. The molecule has 7 heteroatoms. The Balaban J connectivity index is 1.70. The number of fused-ring (bicyclic) bond motifs is 1. The maximum atomic E-state index is 12.6. The van der Waals surface area contributed by atoms with Crippen molar-refractivity contribution in [2.24, 2.45) is 13.0 Å². The number of carbonyl (C=O) groups is 1. The molecule has 0 radical (unpaired) electrons. The molecule has 0 aliphatic rings. The van der Waals surface area contributed by atoms with E-state index in [1.807, 2.05) is 54.1 Å². The fraction of sp³-hybridized carbons (Fsp3) is 0.364. The Kier molecular flexibility index (Phi) is 6.26. The van der Waals surface area contributed by atoms with Gasteiger partial charge in [0.15, 0.2) is 11.5 Å². The summed E-state index contributed by atoms with van der Waals surface area (Å²) in [6.07, 6.45) is 0. The number of para-hydroxylation sites is 2. The van der Waals surface area contributed by atoms with Gasteiger partial charge in [0.2, 0.25) is 0 Å². The number of amides is 2. The van der Waals surface area contributed by atoms with E-state index in [2.05, 4.69) is 29.5 Å². The van der Waals surface area contributed by atoms with Gasteiger partial charge in [0, 0.05) is 7.05 Å². The van der Waals surface area contributed by atoms with Gasteiger partial charge < -0.3 is 24.7 Å². The van der Waals surface area contributed by atoms with Crippen molar-refractivity contribution < 1.29 is 14.3 Å². The highest BCUT2D eigenvalue weighted by Crippen LogP contribution is 2.32. The van der Waals surface area contributed by atoms with E-state index in [1.165, 1.54) is 0 Å². The second kappa shape index (κ2) is 8.86. The largest absolute Gasteiger partial charge is 0.493 e. The average molecular weight is 396 g/mol. The number of imidazole rings is 1. The van der Waals surface area contributed by atoms with Crippen LogP contribution in [0.4, 0.5) is 4.79 Å². The number of benzene rings is 2. The predicted octanol–water partition coefficient (Wildman–Crippen LogP) is 3.79. The molecule has 2 aromatic carbocycles. The summed E-state index contributed by atoms with van der Waals surface area (Å²) >= 11 is 0. The Bertz CT molecular complexity index is 997. The lowest BCUT2D eigenvalue weighted by Crippen LogP contribution is -2.39. The van der Waals surface area contributed by atoms with Gasteiger partial charge in [-0.15, -0.1) is 0 Å². The first-order valence-corrected chi connectivity index (χ1v) is 9.61. The van der Waals surface area contributed by atoms with Crippen LogP contribution in [0.15, 0.2) is 42.5 Å². The van der Waals surface area contributed by atoms with Gasteiger partial charge in [-0.1, -0.05) is 32.0 Å². The number of nitrogens with one attached hydrogen (secondary N) is 2. The summed E-state index contributed by atoms with van der Waals surface area (Å²) in [6.45, 7) is 4.47. The number of aromatic nitrogens is 2. The number of carbonyl (C=O) groups excluding carboxylic acids is 1. The topological polar surface area (TPSA) is 77.4 Å². The fourth-order valence-corrected chi connectivity index (χ4v) is 3.39. The Morgan fingerprint density at radius 1 is 1.10 bits per heavy atom. The molecule has 0 fully saturated rings. The van der Waals surface area contributed by atoms with Crippen LogP contribution in [0, 0.1) is 5.92 Å². The molecule has 0 saturated carbocycles. The van der Waals surface area contributed by atoms with Crippen LogP contribution in [0.3, 0.4) is 0 Å². The van der Waals surface area contributed by atoms with E-state index in [4.69, 9.17) is 9.47 Å². The number of urea groups is 1. The lowest BCUT2D eigenvalue weighted by molar-refractivity contribution is 0.232. The lowest BCUT2D eigenvalue weighted by atomic mass is 9.96. The van der Waals surface area contributed by atoms with Crippen LogP contribution in [-0.2, 0) is 13.6 Å². The molecule has 0 bridgehead atoms. The third-order valence-electron chi connectivity index (χ3n) is 5.01. The van der Waals surface area contributed by atoms with Crippen molar-refractivity contribution in [3.63, 3.8) is 0 Å². The third kappa shape index (κ3) is 4.45. The van der Waals surface area contributed by atoms with Gasteiger partial charge in [-0.05, 0) is 35.7 Å². The van der Waals surface area contributed by atoms with Crippen molar-refractivity contribution in [2.75, 3.05) is 14.2 Å². The van der Waals surface area contributed by atoms with Gasteiger partial charge in [-0.3, -0.25) is 0 Å². The molecule has 7 nitrogen and oxygen atoms in total. The molecule has 3 aromatic rings. The van der Waals surface area contributed by atoms with Crippen LogP contribution >= 0.6 is 0 Å². The molecule has 0 unspecified atom stereocenters. The van der Waals surface area contributed by atoms with Crippen molar-refractivity contribution >= 4 is 17.1 Å². The van der Waals surface area contributed by atoms with E-state index >= 15 is 0 Å². The second-order valence-electron chi connectivity index (χ2n) is 7.24. The zero-order chi connectivity index (χ0) is 21.0. The van der Waals surface area contributed by atoms with Crippen LogP contribution in [-0.4, -0.2) is 29.8 Å². The van der Waals surface area contributed by atoms with Crippen LogP contribution in [0.2, 0.25) is 0 Å². The Morgan fingerprint density at radius 2 is 1.83 bits per heavy atom.